The van der Waals surface area contributed by atoms with E-state index in [0.29, 0.717) is 6.42 Å². The molecule has 2 heterocycles. The van der Waals surface area contributed by atoms with Gasteiger partial charge < -0.3 is 4.74 Å². The number of ether oxygens (including phenoxy) is 1. The first kappa shape index (κ1) is 21.7. The quantitative estimate of drug-likeness (QED) is 0.548. The minimum Gasteiger partial charge on any atom is -0.381 e. The van der Waals surface area contributed by atoms with E-state index in [9.17, 15) is 18.4 Å². The van der Waals surface area contributed by atoms with Gasteiger partial charge in [-0.3, -0.25) is 10.0 Å². The number of rotatable bonds is 5. The maximum absolute atomic E-state index is 13.4. The van der Waals surface area contributed by atoms with E-state index >= 15 is 0 Å². The van der Waals surface area contributed by atoms with Gasteiger partial charge in [0.25, 0.3) is 5.91 Å². The van der Waals surface area contributed by atoms with Crippen LogP contribution >= 0.6 is 0 Å². The number of amides is 1. The van der Waals surface area contributed by atoms with Gasteiger partial charge in [0.05, 0.1) is 0 Å². The maximum atomic E-state index is 13.4. The third kappa shape index (κ3) is 4.04. The van der Waals surface area contributed by atoms with Crippen LogP contribution in [-0.4, -0.2) is 54.9 Å². The normalized spacial score (nSPS) is 19.5. The molecule has 0 aliphatic carbocycles. The second-order valence-electron chi connectivity index (χ2n) is 7.83. The summed E-state index contributed by atoms with van der Waals surface area (Å²) in [4.78, 5) is 12.4. The predicted octanol–water partition coefficient (Wildman–Crippen LogP) is 2.83. The molecule has 0 saturated carbocycles. The van der Waals surface area contributed by atoms with Gasteiger partial charge in [0.15, 0.2) is 4.75 Å². The zero-order chi connectivity index (χ0) is 21.9. The number of benzene rings is 2. The Hall–Kier alpha value is -2.52. The Bertz CT molecular complexity index is 1060. The minimum absolute atomic E-state index is 0.0236. The Morgan fingerprint density at radius 3 is 2.16 bits per heavy atom. The lowest BCUT2D eigenvalue weighted by atomic mass is 9.97. The van der Waals surface area contributed by atoms with E-state index in [1.54, 1.807) is 5.48 Å². The van der Waals surface area contributed by atoms with Crippen molar-refractivity contribution in [2.75, 3.05) is 26.3 Å². The first-order chi connectivity index (χ1) is 15.0. The molecule has 2 aromatic carbocycles. The molecule has 2 N–H and O–H groups in total. The first-order valence-corrected chi connectivity index (χ1v) is 11.8. The number of nitrogens with one attached hydrogen (secondary N) is 1. The van der Waals surface area contributed by atoms with Crippen LogP contribution in [0.4, 0.5) is 0 Å². The summed E-state index contributed by atoms with van der Waals surface area (Å²) in [5.74, 6) is -0.887. The van der Waals surface area contributed by atoms with Crippen LogP contribution in [0.3, 0.4) is 0 Å². The van der Waals surface area contributed by atoms with Crippen LogP contribution in [0.15, 0.2) is 60.7 Å². The zero-order valence-electron chi connectivity index (χ0n) is 17.2. The number of carbonyl (C=O) groups excluding carboxylic acids is 1. The molecule has 0 atom stereocenters. The van der Waals surface area contributed by atoms with Gasteiger partial charge in [-0.2, -0.15) is 4.31 Å². The first-order valence-electron chi connectivity index (χ1n) is 10.3. The number of nitrogens with zero attached hydrogens (tertiary/aromatic N) is 1. The largest absolute Gasteiger partial charge is 0.381 e. The molecule has 7 nitrogen and oxygen atoms in total. The summed E-state index contributed by atoms with van der Waals surface area (Å²) in [7, 11) is -3.97. The van der Waals surface area contributed by atoms with Crippen molar-refractivity contribution >= 4 is 21.5 Å². The fourth-order valence-electron chi connectivity index (χ4n) is 4.29. The van der Waals surface area contributed by atoms with E-state index < -0.39 is 20.7 Å². The highest BCUT2D eigenvalue weighted by atomic mass is 32.2. The lowest BCUT2D eigenvalue weighted by Gasteiger charge is -2.39. The van der Waals surface area contributed by atoms with Crippen LogP contribution in [0.25, 0.3) is 16.7 Å². The molecule has 2 aromatic rings. The Labute approximate surface area is 182 Å². The summed E-state index contributed by atoms with van der Waals surface area (Å²) in [6.45, 7) is 0.806. The second kappa shape index (κ2) is 8.92. The van der Waals surface area contributed by atoms with Gasteiger partial charge in [0.1, 0.15) is 0 Å². The summed E-state index contributed by atoms with van der Waals surface area (Å²) < 4.78 is 31.7. The third-order valence-electron chi connectivity index (χ3n) is 6.18. The van der Waals surface area contributed by atoms with Gasteiger partial charge in [-0.1, -0.05) is 60.7 Å². The molecule has 0 radical (unpaired) electrons. The molecule has 2 aliphatic heterocycles. The fourth-order valence-corrected chi connectivity index (χ4v) is 6.35. The minimum atomic E-state index is -3.97. The average molecular weight is 443 g/mol. The van der Waals surface area contributed by atoms with Crippen molar-refractivity contribution in [1.82, 2.24) is 9.79 Å². The number of carbonyl (C=O) groups is 1. The van der Waals surface area contributed by atoms with Crippen molar-refractivity contribution < 1.29 is 23.2 Å². The Balaban J connectivity index is 1.52. The molecule has 164 valence electrons. The van der Waals surface area contributed by atoms with E-state index in [1.807, 2.05) is 24.3 Å². The number of hydroxylamine groups is 1. The van der Waals surface area contributed by atoms with Crippen LogP contribution in [0.5, 0.6) is 0 Å². The summed E-state index contributed by atoms with van der Waals surface area (Å²) in [6, 6.07) is 18.4. The average Bonchev–Trinajstić information content (AvgIpc) is 2.84. The van der Waals surface area contributed by atoms with Crippen LogP contribution in [0.2, 0.25) is 0 Å². The molecule has 0 bridgehead atoms. The van der Waals surface area contributed by atoms with E-state index in [0.717, 1.165) is 22.3 Å². The summed E-state index contributed by atoms with van der Waals surface area (Å²) in [5.41, 5.74) is 5.97. The highest BCUT2D eigenvalue weighted by Gasteiger charge is 2.54. The smallest absolute Gasteiger partial charge is 0.266 e. The van der Waals surface area contributed by atoms with Crippen LogP contribution in [0, 0.1) is 0 Å². The van der Waals surface area contributed by atoms with Crippen molar-refractivity contribution in [3.05, 3.63) is 66.2 Å². The molecule has 1 fully saturated rings. The molecule has 0 spiro atoms. The van der Waals surface area contributed by atoms with Crippen molar-refractivity contribution in [1.29, 1.82) is 0 Å². The van der Waals surface area contributed by atoms with E-state index in [2.05, 4.69) is 36.4 Å². The molecule has 31 heavy (non-hydrogen) atoms. The third-order valence-corrected chi connectivity index (χ3v) is 8.78. The lowest BCUT2D eigenvalue weighted by Crippen LogP contribution is -2.59. The molecular formula is C23H26N2O5S. The maximum Gasteiger partial charge on any atom is 0.266 e. The van der Waals surface area contributed by atoms with Crippen LogP contribution in [0.1, 0.15) is 24.8 Å². The topological polar surface area (TPSA) is 95.9 Å². The van der Waals surface area contributed by atoms with Gasteiger partial charge in [0, 0.05) is 39.1 Å². The van der Waals surface area contributed by atoms with Crippen molar-refractivity contribution in [3.8, 4) is 11.1 Å². The van der Waals surface area contributed by atoms with Crippen molar-refractivity contribution in [2.45, 2.75) is 24.0 Å². The summed E-state index contributed by atoms with van der Waals surface area (Å²) in [5, 5.41) is 9.17. The van der Waals surface area contributed by atoms with Crippen LogP contribution < -0.4 is 5.48 Å². The number of hydrogen-bond donors (Lipinski definition) is 2. The molecular weight excluding hydrogens is 416 g/mol. The summed E-state index contributed by atoms with van der Waals surface area (Å²) >= 11 is 0. The predicted molar refractivity (Wildman–Crippen MR) is 118 cm³/mol. The number of sulfonamides is 1. The summed E-state index contributed by atoms with van der Waals surface area (Å²) in [6.07, 6.45) is 2.51. The Morgan fingerprint density at radius 2 is 1.58 bits per heavy atom. The van der Waals surface area contributed by atoms with Gasteiger partial charge in [0.2, 0.25) is 10.0 Å². The highest BCUT2D eigenvalue weighted by Crippen LogP contribution is 2.35. The molecule has 4 rings (SSSR count). The van der Waals surface area contributed by atoms with Gasteiger partial charge in [-0.25, -0.2) is 13.9 Å². The molecule has 2 aliphatic rings. The van der Waals surface area contributed by atoms with E-state index in [-0.39, 0.29) is 39.1 Å². The lowest BCUT2D eigenvalue weighted by molar-refractivity contribution is -0.134. The van der Waals surface area contributed by atoms with Gasteiger partial charge >= 0.3 is 0 Å². The Morgan fingerprint density at radius 1 is 0.968 bits per heavy atom. The molecule has 1 saturated heterocycles. The molecule has 1 amide bonds. The molecule has 0 unspecified atom stereocenters. The van der Waals surface area contributed by atoms with Crippen molar-refractivity contribution in [2.24, 2.45) is 0 Å². The van der Waals surface area contributed by atoms with Gasteiger partial charge in [-0.15, -0.1) is 0 Å². The standard InChI is InChI=1S/C23H26N2O5S/c26-22(24-27)23(12-16-30-17-13-23)31(28,29)25-14-10-21(11-15-25)20-8-6-19(7-9-20)18-4-2-1-3-5-18/h1-10,27H,11-17H2,(H,24,26). The van der Waals surface area contributed by atoms with Crippen LogP contribution in [-0.2, 0) is 19.6 Å². The van der Waals surface area contributed by atoms with E-state index in [1.165, 1.54) is 4.31 Å². The SMILES string of the molecule is O=C(NO)C1(S(=O)(=O)N2CC=C(c3ccc(-c4ccccc4)cc3)CC2)CCOCC1. The zero-order valence-corrected chi connectivity index (χ0v) is 18.0. The fraction of sp³-hybridized carbons (Fsp3) is 0.348. The number of hydrogen-bond acceptors (Lipinski definition) is 5. The van der Waals surface area contributed by atoms with Gasteiger partial charge in [-0.05, 0) is 28.7 Å². The second-order valence-corrected chi connectivity index (χ2v) is 10.1. The monoisotopic (exact) mass is 442 g/mol. The van der Waals surface area contributed by atoms with Crippen molar-refractivity contribution in [3.63, 3.8) is 0 Å². The van der Waals surface area contributed by atoms with E-state index in [4.69, 9.17) is 4.74 Å². The Kier molecular flexibility index (Phi) is 6.24. The highest BCUT2D eigenvalue weighted by molar-refractivity contribution is 7.91. The molecule has 0 aromatic heterocycles. The molecule has 8 heteroatoms.